The average Bonchev–Trinajstić information content (AvgIpc) is 3.52. The highest BCUT2D eigenvalue weighted by atomic mass is 32.1. The van der Waals surface area contributed by atoms with Gasteiger partial charge in [0, 0.05) is 12.5 Å². The predicted octanol–water partition coefficient (Wildman–Crippen LogP) is 4.03. The number of carbonyl (C=O) groups excluding carboxylic acids is 1. The molecular weight excluding hydrogens is 522 g/mol. The number of rotatable bonds is 8. The lowest BCUT2D eigenvalue weighted by atomic mass is 10.1. The molecule has 0 atom stereocenters. The van der Waals surface area contributed by atoms with Crippen LogP contribution in [0.5, 0.6) is 5.75 Å². The lowest BCUT2D eigenvalue weighted by Crippen LogP contribution is -2.16. The smallest absolute Gasteiger partial charge is 0.275 e. The second-order valence-corrected chi connectivity index (χ2v) is 10.3. The number of nitrogens with zero attached hydrogens (tertiary/aromatic N) is 6. The van der Waals surface area contributed by atoms with Gasteiger partial charge in [-0.15, -0.1) is 10.2 Å². The van der Waals surface area contributed by atoms with E-state index in [1.54, 1.807) is 24.3 Å². The first-order valence-electron chi connectivity index (χ1n) is 11.4. The van der Waals surface area contributed by atoms with Gasteiger partial charge in [0.05, 0.1) is 5.69 Å². The SMILES string of the molecule is Cc1nn2c(=O)cc(COc3ccc(C=C(C#N)C(=O)Nc4nnc(Cc5ccccc5)s4)cc3)nc2s1. The van der Waals surface area contributed by atoms with Crippen molar-refractivity contribution in [3.63, 3.8) is 0 Å². The van der Waals surface area contributed by atoms with E-state index in [0.717, 1.165) is 15.6 Å². The maximum absolute atomic E-state index is 12.6. The summed E-state index contributed by atoms with van der Waals surface area (Å²) in [5.41, 5.74) is 1.89. The number of hydrogen-bond acceptors (Lipinski definition) is 10. The topological polar surface area (TPSA) is 135 Å². The molecule has 0 spiro atoms. The highest BCUT2D eigenvalue weighted by Crippen LogP contribution is 2.20. The van der Waals surface area contributed by atoms with Crippen LogP contribution < -0.4 is 15.6 Å². The van der Waals surface area contributed by atoms with Gasteiger partial charge >= 0.3 is 0 Å². The summed E-state index contributed by atoms with van der Waals surface area (Å²) >= 11 is 2.59. The van der Waals surface area contributed by atoms with Crippen LogP contribution in [0.4, 0.5) is 5.13 Å². The zero-order valence-electron chi connectivity index (χ0n) is 20.0. The molecule has 188 valence electrons. The van der Waals surface area contributed by atoms with Crippen LogP contribution in [0, 0.1) is 18.3 Å². The van der Waals surface area contributed by atoms with Crippen molar-refractivity contribution in [3.8, 4) is 11.8 Å². The number of benzene rings is 2. The van der Waals surface area contributed by atoms with Gasteiger partial charge in [0.15, 0.2) is 0 Å². The van der Waals surface area contributed by atoms with E-state index in [1.165, 1.54) is 39.3 Å². The molecule has 1 N–H and O–H groups in total. The second kappa shape index (κ2) is 11.1. The van der Waals surface area contributed by atoms with E-state index in [4.69, 9.17) is 4.74 Å². The molecule has 0 saturated heterocycles. The van der Waals surface area contributed by atoms with Gasteiger partial charge in [-0.1, -0.05) is 65.1 Å². The van der Waals surface area contributed by atoms with E-state index >= 15 is 0 Å². The fourth-order valence-electron chi connectivity index (χ4n) is 3.47. The summed E-state index contributed by atoms with van der Waals surface area (Å²) in [5, 5.41) is 26.2. The maximum atomic E-state index is 12.6. The average molecular weight is 542 g/mol. The van der Waals surface area contributed by atoms with Gasteiger partial charge < -0.3 is 4.74 Å². The molecule has 10 nitrogen and oxygen atoms in total. The summed E-state index contributed by atoms with van der Waals surface area (Å²) in [6.45, 7) is 1.92. The first-order valence-corrected chi connectivity index (χ1v) is 13.0. The number of ether oxygens (including phenoxy) is 1. The zero-order valence-corrected chi connectivity index (χ0v) is 21.6. The molecule has 0 bridgehead atoms. The lowest BCUT2D eigenvalue weighted by Gasteiger charge is -2.06. The fraction of sp³-hybridized carbons (Fsp3) is 0.115. The molecule has 5 aromatic rings. The summed E-state index contributed by atoms with van der Waals surface area (Å²) in [4.78, 5) is 29.7. The largest absolute Gasteiger partial charge is 0.487 e. The third-order valence-corrected chi connectivity index (χ3v) is 6.89. The van der Waals surface area contributed by atoms with Crippen LogP contribution >= 0.6 is 22.7 Å². The second-order valence-electron chi connectivity index (χ2n) is 8.05. The molecule has 38 heavy (non-hydrogen) atoms. The minimum absolute atomic E-state index is 0.0729. The standard InChI is InChI=1S/C26H19N7O3S2/c1-16-32-33-23(34)13-20(28-26(33)37-16)15-36-21-9-7-18(8-10-21)11-19(14-27)24(35)29-25-31-30-22(38-25)12-17-5-3-2-4-6-17/h2-11,13H,12,15H2,1H3,(H,29,31,35). The van der Waals surface area contributed by atoms with Crippen LogP contribution in [0.2, 0.25) is 0 Å². The third-order valence-electron chi connectivity index (χ3n) is 5.23. The van der Waals surface area contributed by atoms with Gasteiger partial charge in [-0.05, 0) is 36.3 Å². The number of amides is 1. The molecule has 5 rings (SSSR count). The molecule has 0 radical (unpaired) electrons. The Kier molecular flexibility index (Phi) is 7.30. The van der Waals surface area contributed by atoms with E-state index in [0.29, 0.717) is 33.5 Å². The van der Waals surface area contributed by atoms with Crippen molar-refractivity contribution >= 4 is 44.7 Å². The van der Waals surface area contributed by atoms with Crippen LogP contribution in [0.25, 0.3) is 11.0 Å². The number of nitriles is 1. The summed E-state index contributed by atoms with van der Waals surface area (Å²) < 4.78 is 7.02. The van der Waals surface area contributed by atoms with Gasteiger partial charge in [-0.3, -0.25) is 14.9 Å². The van der Waals surface area contributed by atoms with E-state index in [-0.39, 0.29) is 17.7 Å². The maximum Gasteiger partial charge on any atom is 0.275 e. The number of hydrogen-bond donors (Lipinski definition) is 1. The molecule has 2 aromatic carbocycles. The van der Waals surface area contributed by atoms with Crippen molar-refractivity contribution in [1.29, 1.82) is 5.26 Å². The Morgan fingerprint density at radius 3 is 2.68 bits per heavy atom. The van der Waals surface area contributed by atoms with E-state index in [9.17, 15) is 14.9 Å². The Morgan fingerprint density at radius 1 is 1.13 bits per heavy atom. The molecule has 12 heteroatoms. The van der Waals surface area contributed by atoms with Crippen LogP contribution in [-0.4, -0.2) is 30.7 Å². The molecule has 0 fully saturated rings. The minimum Gasteiger partial charge on any atom is -0.487 e. The predicted molar refractivity (Wildman–Crippen MR) is 144 cm³/mol. The molecular formula is C26H19N7O3S2. The first kappa shape index (κ1) is 24.9. The monoisotopic (exact) mass is 541 g/mol. The molecule has 0 saturated carbocycles. The van der Waals surface area contributed by atoms with Gasteiger partial charge in [0.1, 0.15) is 34.0 Å². The molecule has 3 heterocycles. The first-order chi connectivity index (χ1) is 18.5. The molecule has 3 aromatic heterocycles. The van der Waals surface area contributed by atoms with Crippen LogP contribution in [-0.2, 0) is 17.8 Å². The number of anilines is 1. The number of nitrogens with one attached hydrogen (secondary N) is 1. The summed E-state index contributed by atoms with van der Waals surface area (Å²) in [7, 11) is 0. The Morgan fingerprint density at radius 2 is 1.92 bits per heavy atom. The molecule has 0 aliphatic carbocycles. The van der Waals surface area contributed by atoms with Crippen molar-refractivity contribution in [1.82, 2.24) is 24.8 Å². The minimum atomic E-state index is -0.568. The summed E-state index contributed by atoms with van der Waals surface area (Å²) in [6.07, 6.45) is 2.09. The van der Waals surface area contributed by atoms with E-state index < -0.39 is 5.91 Å². The van der Waals surface area contributed by atoms with Crippen LogP contribution in [0.3, 0.4) is 0 Å². The number of fused-ring (bicyclic) bond motifs is 1. The number of carbonyl (C=O) groups is 1. The normalized spacial score (nSPS) is 11.3. The third kappa shape index (κ3) is 5.97. The number of aryl methyl sites for hydroxylation is 1. The summed E-state index contributed by atoms with van der Waals surface area (Å²) in [5.74, 6) is -0.0197. The Balaban J connectivity index is 1.20. The van der Waals surface area contributed by atoms with Crippen molar-refractivity contribution in [2.45, 2.75) is 20.0 Å². The van der Waals surface area contributed by atoms with Gasteiger partial charge in [-0.2, -0.15) is 14.9 Å². The van der Waals surface area contributed by atoms with Crippen molar-refractivity contribution in [3.05, 3.63) is 103 Å². The number of aromatic nitrogens is 5. The van der Waals surface area contributed by atoms with Gasteiger partial charge in [0.2, 0.25) is 10.1 Å². The quantitative estimate of drug-likeness (QED) is 0.230. The Hall–Kier alpha value is -4.73. The lowest BCUT2D eigenvalue weighted by molar-refractivity contribution is -0.112. The fourth-order valence-corrected chi connectivity index (χ4v) is 5.01. The molecule has 1 amide bonds. The van der Waals surface area contributed by atoms with Crippen molar-refractivity contribution in [2.75, 3.05) is 5.32 Å². The van der Waals surface area contributed by atoms with Crippen molar-refractivity contribution in [2.24, 2.45) is 0 Å². The molecule has 0 unspecified atom stereocenters. The highest BCUT2D eigenvalue weighted by Gasteiger charge is 2.13. The molecule has 0 aliphatic heterocycles. The van der Waals surface area contributed by atoms with E-state index in [2.05, 4.69) is 25.6 Å². The molecule has 0 aliphatic rings. The summed E-state index contributed by atoms with van der Waals surface area (Å²) in [6, 6.07) is 20.0. The Bertz CT molecular complexity index is 1730. The van der Waals surface area contributed by atoms with E-state index in [1.807, 2.05) is 43.3 Å². The van der Waals surface area contributed by atoms with Crippen LogP contribution in [0.15, 0.2) is 71.0 Å². The Labute approximate surface area is 224 Å². The zero-order chi connectivity index (χ0) is 26.5. The van der Waals surface area contributed by atoms with Crippen LogP contribution in [0.1, 0.15) is 26.8 Å². The van der Waals surface area contributed by atoms with Gasteiger partial charge in [-0.25, -0.2) is 4.98 Å². The van der Waals surface area contributed by atoms with Gasteiger partial charge in [0.25, 0.3) is 11.5 Å². The highest BCUT2D eigenvalue weighted by molar-refractivity contribution is 7.16. The van der Waals surface area contributed by atoms with Crippen molar-refractivity contribution < 1.29 is 9.53 Å².